The Hall–Kier alpha value is -3.38. The predicted octanol–water partition coefficient (Wildman–Crippen LogP) is 5.59. The average molecular weight is 401 g/mol. The highest BCUT2D eigenvalue weighted by Gasteiger charge is 2.11. The summed E-state index contributed by atoms with van der Waals surface area (Å²) < 4.78 is 5.78. The molecule has 1 N–H and O–H groups in total. The van der Waals surface area contributed by atoms with Crippen molar-refractivity contribution in [1.29, 1.82) is 0 Å². The van der Waals surface area contributed by atoms with E-state index in [4.69, 9.17) is 4.42 Å². The smallest absolute Gasteiger partial charge is 0.277 e. The number of carbonyl (C=O) groups is 1. The fourth-order valence-electron chi connectivity index (χ4n) is 2.81. The monoisotopic (exact) mass is 401 g/mol. The number of nitrogens with one attached hydrogen (secondary N) is 1. The topological polar surface area (TPSA) is 68.0 Å². The summed E-state index contributed by atoms with van der Waals surface area (Å²) in [5, 5.41) is 11.7. The summed E-state index contributed by atoms with van der Waals surface area (Å²) in [4.78, 5) is 12.3. The fourth-order valence-corrected chi connectivity index (χ4v) is 3.53. The van der Waals surface area contributed by atoms with Gasteiger partial charge in [0.1, 0.15) is 0 Å². The molecular formula is C23H19N3O2S. The number of benzene rings is 3. The lowest BCUT2D eigenvalue weighted by atomic mass is 10.1. The van der Waals surface area contributed by atoms with Gasteiger partial charge in [0.15, 0.2) is 0 Å². The Bertz CT molecular complexity index is 1110. The minimum Gasteiger partial charge on any atom is -0.411 e. The molecular weight excluding hydrogens is 382 g/mol. The van der Waals surface area contributed by atoms with E-state index in [1.165, 1.54) is 11.8 Å². The van der Waals surface area contributed by atoms with Crippen molar-refractivity contribution in [3.05, 3.63) is 95.6 Å². The van der Waals surface area contributed by atoms with Crippen LogP contribution < -0.4 is 5.32 Å². The van der Waals surface area contributed by atoms with Crippen LogP contribution in [0.15, 0.2) is 88.5 Å². The van der Waals surface area contributed by atoms with Gasteiger partial charge in [0.05, 0.1) is 0 Å². The van der Waals surface area contributed by atoms with Crippen LogP contribution in [0.1, 0.15) is 21.5 Å². The lowest BCUT2D eigenvalue weighted by Gasteiger charge is -2.06. The van der Waals surface area contributed by atoms with Gasteiger partial charge in [-0.3, -0.25) is 4.79 Å². The van der Waals surface area contributed by atoms with Crippen LogP contribution in [0.2, 0.25) is 0 Å². The first-order chi connectivity index (χ1) is 14.2. The van der Waals surface area contributed by atoms with Gasteiger partial charge in [-0.15, -0.1) is 10.2 Å². The Balaban J connectivity index is 1.36. The summed E-state index contributed by atoms with van der Waals surface area (Å²) in [5.41, 5.74) is 4.50. The zero-order chi connectivity index (χ0) is 20.1. The Labute approximate surface area is 173 Å². The molecule has 0 fully saturated rings. The van der Waals surface area contributed by atoms with Gasteiger partial charge in [-0.1, -0.05) is 60.3 Å². The first kappa shape index (κ1) is 19.0. The van der Waals surface area contributed by atoms with Crippen LogP contribution in [-0.4, -0.2) is 16.1 Å². The van der Waals surface area contributed by atoms with Crippen LogP contribution in [0.25, 0.3) is 11.5 Å². The molecule has 1 aromatic heterocycles. The Morgan fingerprint density at radius 1 is 0.931 bits per heavy atom. The number of aryl methyl sites for hydroxylation is 1. The van der Waals surface area contributed by atoms with E-state index in [0.29, 0.717) is 22.4 Å². The molecule has 0 aliphatic heterocycles. The zero-order valence-electron chi connectivity index (χ0n) is 15.8. The zero-order valence-corrected chi connectivity index (χ0v) is 16.6. The van der Waals surface area contributed by atoms with Crippen LogP contribution in [0, 0.1) is 6.92 Å². The Morgan fingerprint density at radius 3 is 2.41 bits per heavy atom. The van der Waals surface area contributed by atoms with E-state index in [-0.39, 0.29) is 5.91 Å². The molecule has 4 rings (SSSR count). The SMILES string of the molecule is Cc1ccccc1-c1nnc(SCc2ccc(C(=O)Nc3ccccc3)cc2)o1. The summed E-state index contributed by atoms with van der Waals surface area (Å²) >= 11 is 1.47. The maximum Gasteiger partial charge on any atom is 0.277 e. The number of nitrogens with zero attached hydrogens (tertiary/aromatic N) is 2. The summed E-state index contributed by atoms with van der Waals surface area (Å²) in [6, 6.07) is 24.8. The molecule has 0 radical (unpaired) electrons. The van der Waals surface area contributed by atoms with Gasteiger partial charge in [-0.2, -0.15) is 0 Å². The van der Waals surface area contributed by atoms with Gasteiger partial charge in [0, 0.05) is 22.6 Å². The third kappa shape index (κ3) is 4.73. The van der Waals surface area contributed by atoms with Gasteiger partial charge in [-0.25, -0.2) is 0 Å². The maximum absolute atomic E-state index is 12.3. The fraction of sp³-hybridized carbons (Fsp3) is 0.0870. The normalized spacial score (nSPS) is 10.7. The molecule has 144 valence electrons. The molecule has 0 aliphatic carbocycles. The van der Waals surface area contributed by atoms with Crippen LogP contribution in [0.5, 0.6) is 0 Å². The highest BCUT2D eigenvalue weighted by atomic mass is 32.2. The molecule has 0 atom stereocenters. The molecule has 3 aromatic carbocycles. The molecule has 0 unspecified atom stereocenters. The van der Waals surface area contributed by atoms with Crippen LogP contribution in [-0.2, 0) is 5.75 Å². The molecule has 6 heteroatoms. The highest BCUT2D eigenvalue weighted by Crippen LogP contribution is 2.27. The third-order valence-corrected chi connectivity index (χ3v) is 5.28. The third-order valence-electron chi connectivity index (χ3n) is 4.39. The minimum absolute atomic E-state index is 0.129. The number of aromatic nitrogens is 2. The summed E-state index contributed by atoms with van der Waals surface area (Å²) in [7, 11) is 0. The molecule has 5 nitrogen and oxygen atoms in total. The first-order valence-electron chi connectivity index (χ1n) is 9.17. The van der Waals surface area contributed by atoms with Crippen molar-refractivity contribution >= 4 is 23.4 Å². The van der Waals surface area contributed by atoms with E-state index in [9.17, 15) is 4.79 Å². The van der Waals surface area contributed by atoms with E-state index < -0.39 is 0 Å². The maximum atomic E-state index is 12.3. The molecule has 0 aliphatic rings. The lowest BCUT2D eigenvalue weighted by molar-refractivity contribution is 0.102. The van der Waals surface area contributed by atoms with Crippen LogP contribution >= 0.6 is 11.8 Å². The second-order valence-corrected chi connectivity index (χ2v) is 7.42. The molecule has 1 heterocycles. The molecule has 29 heavy (non-hydrogen) atoms. The molecule has 1 amide bonds. The number of thioether (sulfide) groups is 1. The Morgan fingerprint density at radius 2 is 1.66 bits per heavy atom. The van der Waals surface area contributed by atoms with Crippen molar-refractivity contribution in [1.82, 2.24) is 10.2 Å². The second-order valence-electron chi connectivity index (χ2n) is 6.49. The minimum atomic E-state index is -0.129. The van der Waals surface area contributed by atoms with Gasteiger partial charge in [-0.05, 0) is 48.4 Å². The van der Waals surface area contributed by atoms with E-state index in [2.05, 4.69) is 15.5 Å². The number of para-hydroxylation sites is 1. The number of hydrogen-bond donors (Lipinski definition) is 1. The quantitative estimate of drug-likeness (QED) is 0.427. The summed E-state index contributed by atoms with van der Waals surface area (Å²) in [6.45, 7) is 2.02. The number of carbonyl (C=O) groups excluding carboxylic acids is 1. The number of amides is 1. The van der Waals surface area contributed by atoms with Crippen molar-refractivity contribution in [2.75, 3.05) is 5.32 Å². The van der Waals surface area contributed by atoms with Gasteiger partial charge in [0.25, 0.3) is 11.1 Å². The number of rotatable bonds is 6. The molecule has 0 spiro atoms. The first-order valence-corrected chi connectivity index (χ1v) is 10.2. The van der Waals surface area contributed by atoms with Gasteiger partial charge >= 0.3 is 0 Å². The van der Waals surface area contributed by atoms with E-state index in [1.807, 2.05) is 85.8 Å². The van der Waals surface area contributed by atoms with E-state index in [1.54, 1.807) is 0 Å². The number of hydrogen-bond acceptors (Lipinski definition) is 5. The molecule has 0 saturated heterocycles. The van der Waals surface area contributed by atoms with E-state index >= 15 is 0 Å². The average Bonchev–Trinajstić information content (AvgIpc) is 3.22. The molecule has 0 saturated carbocycles. The van der Waals surface area contributed by atoms with E-state index in [0.717, 1.165) is 22.4 Å². The van der Waals surface area contributed by atoms with Crippen LogP contribution in [0.4, 0.5) is 5.69 Å². The largest absolute Gasteiger partial charge is 0.411 e. The van der Waals surface area contributed by atoms with Crippen molar-refractivity contribution in [3.63, 3.8) is 0 Å². The van der Waals surface area contributed by atoms with Gasteiger partial charge < -0.3 is 9.73 Å². The second kappa shape index (κ2) is 8.75. The summed E-state index contributed by atoms with van der Waals surface area (Å²) in [6.07, 6.45) is 0. The van der Waals surface area contributed by atoms with Crippen molar-refractivity contribution in [2.24, 2.45) is 0 Å². The van der Waals surface area contributed by atoms with Gasteiger partial charge in [0.2, 0.25) is 5.89 Å². The standard InChI is InChI=1S/C23H19N3O2S/c1-16-7-5-6-10-20(16)22-25-26-23(28-22)29-15-17-11-13-18(14-12-17)21(27)24-19-8-3-2-4-9-19/h2-14H,15H2,1H3,(H,24,27). The van der Waals surface area contributed by atoms with Crippen molar-refractivity contribution in [2.45, 2.75) is 17.9 Å². The highest BCUT2D eigenvalue weighted by molar-refractivity contribution is 7.98. The number of anilines is 1. The Kier molecular flexibility index (Phi) is 5.72. The summed E-state index contributed by atoms with van der Waals surface area (Å²) in [5.74, 6) is 1.07. The molecule has 0 bridgehead atoms. The predicted molar refractivity (Wildman–Crippen MR) is 115 cm³/mol. The van der Waals surface area contributed by atoms with Crippen molar-refractivity contribution < 1.29 is 9.21 Å². The van der Waals surface area contributed by atoms with Crippen LogP contribution in [0.3, 0.4) is 0 Å². The van der Waals surface area contributed by atoms with Crippen molar-refractivity contribution in [3.8, 4) is 11.5 Å². The molecule has 4 aromatic rings. The lowest BCUT2D eigenvalue weighted by Crippen LogP contribution is -2.11.